The van der Waals surface area contributed by atoms with E-state index in [1.807, 2.05) is 18.4 Å². The second kappa shape index (κ2) is 6.17. The molecule has 0 saturated carbocycles. The van der Waals surface area contributed by atoms with Crippen molar-refractivity contribution in [3.63, 3.8) is 0 Å². The molecule has 1 aliphatic rings. The third kappa shape index (κ3) is 3.07. The predicted octanol–water partition coefficient (Wildman–Crippen LogP) is 1.99. The fraction of sp³-hybridized carbons (Fsp3) is 0.429. The van der Waals surface area contributed by atoms with Gasteiger partial charge in [-0.1, -0.05) is 13.8 Å². The summed E-state index contributed by atoms with van der Waals surface area (Å²) in [4.78, 5) is 23.4. The average molecular weight is 294 g/mol. The molecule has 108 valence electrons. The first kappa shape index (κ1) is 14.7. The molecule has 0 aliphatic carbocycles. The Morgan fingerprint density at radius 2 is 2.30 bits per heavy atom. The van der Waals surface area contributed by atoms with Crippen molar-refractivity contribution in [1.29, 1.82) is 0 Å². The molecule has 1 aromatic rings. The molecule has 0 unspecified atom stereocenters. The van der Waals surface area contributed by atoms with Crippen molar-refractivity contribution < 1.29 is 14.3 Å². The second-order valence-corrected chi connectivity index (χ2v) is 5.90. The summed E-state index contributed by atoms with van der Waals surface area (Å²) in [6.45, 7) is 4.40. The van der Waals surface area contributed by atoms with Crippen molar-refractivity contribution in [1.82, 2.24) is 9.88 Å². The summed E-state index contributed by atoms with van der Waals surface area (Å²) in [6, 6.07) is 1.74. The molecule has 6 heteroatoms. The van der Waals surface area contributed by atoms with Crippen LogP contribution in [0.15, 0.2) is 23.4 Å². The predicted molar refractivity (Wildman–Crippen MR) is 78.6 cm³/mol. The van der Waals surface area contributed by atoms with Crippen LogP contribution in [-0.2, 0) is 9.53 Å². The smallest absolute Gasteiger partial charge is 0.340 e. The fourth-order valence-corrected chi connectivity index (χ4v) is 2.94. The van der Waals surface area contributed by atoms with E-state index in [1.54, 1.807) is 25.4 Å². The van der Waals surface area contributed by atoms with Crippen molar-refractivity contribution in [2.75, 3.05) is 19.4 Å². The van der Waals surface area contributed by atoms with Crippen molar-refractivity contribution in [2.24, 2.45) is 5.92 Å². The number of carbonyl (C=O) groups excluding carboxylic acids is 2. The van der Waals surface area contributed by atoms with E-state index < -0.39 is 0 Å². The van der Waals surface area contributed by atoms with E-state index in [-0.39, 0.29) is 11.9 Å². The van der Waals surface area contributed by atoms with Gasteiger partial charge < -0.3 is 14.6 Å². The molecule has 2 rings (SSSR count). The van der Waals surface area contributed by atoms with Crippen LogP contribution in [-0.4, -0.2) is 35.9 Å². The Bertz CT molecular complexity index is 561. The first-order valence-corrected chi connectivity index (χ1v) is 7.45. The monoisotopic (exact) mass is 294 g/mol. The molecule has 1 aromatic heterocycles. The number of carbonyl (C=O) groups is 2. The van der Waals surface area contributed by atoms with Gasteiger partial charge >= 0.3 is 5.97 Å². The summed E-state index contributed by atoms with van der Waals surface area (Å²) >= 11 is 1.54. The number of hydrogen-bond acceptors (Lipinski definition) is 4. The van der Waals surface area contributed by atoms with Crippen LogP contribution in [0.2, 0.25) is 0 Å². The maximum atomic E-state index is 12.0. The molecular formula is C14H18N2O3S. The number of ether oxygens (including phenoxy) is 1. The van der Waals surface area contributed by atoms with Crippen LogP contribution in [0.4, 0.5) is 0 Å². The first-order chi connectivity index (χ1) is 9.52. The zero-order chi connectivity index (χ0) is 14.7. The zero-order valence-corrected chi connectivity index (χ0v) is 12.6. The van der Waals surface area contributed by atoms with Gasteiger partial charge in [-0.2, -0.15) is 0 Å². The number of fused-ring (bicyclic) bond motifs is 1. The number of hydrogen-bond donors (Lipinski definition) is 1. The van der Waals surface area contributed by atoms with Gasteiger partial charge in [-0.3, -0.25) is 4.79 Å². The van der Waals surface area contributed by atoms with Crippen molar-refractivity contribution in [3.8, 4) is 0 Å². The average Bonchev–Trinajstić information content (AvgIpc) is 2.98. The minimum absolute atomic E-state index is 0.147. The fourth-order valence-electron chi connectivity index (χ4n) is 1.81. The van der Waals surface area contributed by atoms with Crippen molar-refractivity contribution in [2.45, 2.75) is 18.9 Å². The summed E-state index contributed by atoms with van der Waals surface area (Å²) in [6.07, 6.45) is 3.35. The molecule has 5 nitrogen and oxygen atoms in total. The Morgan fingerprint density at radius 3 is 2.95 bits per heavy atom. The lowest BCUT2D eigenvalue weighted by atomic mass is 10.2. The summed E-state index contributed by atoms with van der Waals surface area (Å²) in [7, 11) is 1.59. The molecule has 2 heterocycles. The van der Waals surface area contributed by atoms with Gasteiger partial charge in [-0.05, 0) is 12.0 Å². The summed E-state index contributed by atoms with van der Waals surface area (Å²) in [5.41, 5.74) is 1.43. The molecule has 0 saturated heterocycles. The molecular weight excluding hydrogens is 276 g/mol. The van der Waals surface area contributed by atoms with Crippen molar-refractivity contribution >= 4 is 29.3 Å². The molecule has 0 fully saturated rings. The second-order valence-electron chi connectivity index (χ2n) is 4.94. The van der Waals surface area contributed by atoms with E-state index in [1.165, 1.54) is 11.8 Å². The van der Waals surface area contributed by atoms with Gasteiger partial charge in [0.15, 0.2) is 0 Å². The van der Waals surface area contributed by atoms with Crippen LogP contribution >= 0.6 is 11.8 Å². The van der Waals surface area contributed by atoms with Crippen molar-refractivity contribution in [3.05, 3.63) is 23.9 Å². The van der Waals surface area contributed by atoms with Crippen LogP contribution in [0.25, 0.3) is 5.70 Å². The molecule has 0 aromatic carbocycles. The Kier molecular flexibility index (Phi) is 4.54. The first-order valence-electron chi connectivity index (χ1n) is 6.47. The van der Waals surface area contributed by atoms with Gasteiger partial charge in [0.05, 0.1) is 17.2 Å². The number of nitrogens with zero attached hydrogens (tertiary/aromatic N) is 1. The summed E-state index contributed by atoms with van der Waals surface area (Å²) < 4.78 is 7.11. The molecule has 0 bridgehead atoms. The number of aromatic nitrogens is 1. The lowest BCUT2D eigenvalue weighted by Crippen LogP contribution is -2.15. The van der Waals surface area contributed by atoms with Gasteiger partial charge in [0, 0.05) is 30.8 Å². The Balaban J connectivity index is 2.17. The highest BCUT2D eigenvalue weighted by Crippen LogP contribution is 2.36. The molecule has 0 atom stereocenters. The van der Waals surface area contributed by atoms with Gasteiger partial charge in [0.25, 0.3) is 0 Å². The molecule has 1 N–H and O–H groups in total. The minimum atomic E-state index is -0.304. The SMILES string of the molecule is CNC(=O)C=C1CSc2c(C(=O)OCC(C)C)ccn21. The minimum Gasteiger partial charge on any atom is -0.462 e. The van der Waals surface area contributed by atoms with E-state index in [4.69, 9.17) is 4.74 Å². The lowest BCUT2D eigenvalue weighted by Gasteiger charge is -2.06. The third-order valence-corrected chi connectivity index (χ3v) is 3.95. The number of esters is 1. The zero-order valence-electron chi connectivity index (χ0n) is 11.8. The normalized spacial score (nSPS) is 15.5. The summed E-state index contributed by atoms with van der Waals surface area (Å²) in [5, 5.41) is 3.40. The topological polar surface area (TPSA) is 60.3 Å². The van der Waals surface area contributed by atoms with E-state index in [2.05, 4.69) is 5.32 Å². The number of nitrogens with one attached hydrogen (secondary N) is 1. The quantitative estimate of drug-likeness (QED) is 0.681. The molecule has 20 heavy (non-hydrogen) atoms. The Morgan fingerprint density at radius 1 is 1.55 bits per heavy atom. The third-order valence-electron chi connectivity index (χ3n) is 2.82. The molecule has 1 aliphatic heterocycles. The summed E-state index contributed by atoms with van der Waals surface area (Å²) in [5.74, 6) is 0.534. The van der Waals surface area contributed by atoms with Gasteiger partial charge in [-0.25, -0.2) is 4.79 Å². The van der Waals surface area contributed by atoms with Crippen LogP contribution < -0.4 is 5.32 Å². The molecule has 0 spiro atoms. The van der Waals surface area contributed by atoms with Gasteiger partial charge in [0.2, 0.25) is 5.91 Å². The Hall–Kier alpha value is -1.69. The highest BCUT2D eigenvalue weighted by molar-refractivity contribution is 8.00. The maximum Gasteiger partial charge on any atom is 0.340 e. The molecule has 0 radical (unpaired) electrons. The van der Waals surface area contributed by atoms with Crippen LogP contribution in [0, 0.1) is 5.92 Å². The van der Waals surface area contributed by atoms with E-state index in [9.17, 15) is 9.59 Å². The van der Waals surface area contributed by atoms with E-state index in [0.29, 0.717) is 23.8 Å². The highest BCUT2D eigenvalue weighted by atomic mass is 32.2. The van der Waals surface area contributed by atoms with Gasteiger partial charge in [-0.15, -0.1) is 11.8 Å². The number of likely N-dealkylation sites (N-methyl/N-ethyl adjacent to an activating group) is 1. The van der Waals surface area contributed by atoms with E-state index in [0.717, 1.165) is 10.7 Å². The standard InChI is InChI=1S/C14H18N2O3S/c1-9(2)7-19-14(18)11-4-5-16-10(6-12(17)15-3)8-20-13(11)16/h4-6,9H,7-8H2,1-3H3,(H,15,17). The highest BCUT2D eigenvalue weighted by Gasteiger charge is 2.25. The van der Waals surface area contributed by atoms with Gasteiger partial charge in [0.1, 0.15) is 0 Å². The Labute approximate surface area is 122 Å². The van der Waals surface area contributed by atoms with E-state index >= 15 is 0 Å². The number of rotatable bonds is 4. The number of amides is 1. The maximum absolute atomic E-state index is 12.0. The lowest BCUT2D eigenvalue weighted by molar-refractivity contribution is -0.116. The number of thioether (sulfide) groups is 1. The van der Waals surface area contributed by atoms with Crippen LogP contribution in [0.3, 0.4) is 0 Å². The largest absolute Gasteiger partial charge is 0.462 e. The molecule has 1 amide bonds. The van der Waals surface area contributed by atoms with Crippen LogP contribution in [0.1, 0.15) is 24.2 Å². The van der Waals surface area contributed by atoms with Crippen LogP contribution in [0.5, 0.6) is 0 Å².